The van der Waals surface area contributed by atoms with E-state index in [2.05, 4.69) is 32.9 Å². The highest BCUT2D eigenvalue weighted by atomic mass is 35.5. The molecule has 0 amide bonds. The first-order chi connectivity index (χ1) is 12.7. The zero-order chi connectivity index (χ0) is 18.1. The van der Waals surface area contributed by atoms with Crippen molar-refractivity contribution in [2.45, 2.75) is 30.6 Å². The lowest BCUT2D eigenvalue weighted by Gasteiger charge is -2.23. The number of ether oxygens (including phenoxy) is 2. The number of anilines is 2. The van der Waals surface area contributed by atoms with Crippen molar-refractivity contribution >= 4 is 46.9 Å². The number of hydrogen-bond donors (Lipinski definition) is 2. The van der Waals surface area contributed by atoms with Crippen molar-refractivity contribution in [1.82, 2.24) is 19.5 Å². The third kappa shape index (κ3) is 3.32. The van der Waals surface area contributed by atoms with E-state index in [9.17, 15) is 0 Å². The Bertz CT molecular complexity index is 942. The van der Waals surface area contributed by atoms with Crippen LogP contribution < -0.4 is 10.1 Å². The van der Waals surface area contributed by atoms with E-state index in [1.54, 1.807) is 25.6 Å². The summed E-state index contributed by atoms with van der Waals surface area (Å²) in [5.41, 5.74) is 2.06. The molecule has 1 aliphatic rings. The van der Waals surface area contributed by atoms with E-state index in [1.807, 2.05) is 10.6 Å². The number of fused-ring (bicyclic) bond motifs is 1. The van der Waals surface area contributed by atoms with Gasteiger partial charge in [-0.25, -0.2) is 15.0 Å². The van der Waals surface area contributed by atoms with Crippen LogP contribution in [0.3, 0.4) is 0 Å². The highest BCUT2D eigenvalue weighted by Gasteiger charge is 2.21. The van der Waals surface area contributed by atoms with Gasteiger partial charge in [-0.05, 0) is 31.4 Å². The molecule has 1 aliphatic heterocycles. The third-order valence-electron chi connectivity index (χ3n) is 4.29. The molecule has 7 nitrogen and oxygen atoms in total. The molecule has 1 aromatic carbocycles. The minimum absolute atomic E-state index is 0.0608. The van der Waals surface area contributed by atoms with E-state index in [0.29, 0.717) is 32.9 Å². The van der Waals surface area contributed by atoms with Gasteiger partial charge in [0.15, 0.2) is 22.1 Å². The second kappa shape index (κ2) is 7.30. The van der Waals surface area contributed by atoms with Crippen molar-refractivity contribution in [3.8, 4) is 5.75 Å². The number of aromatic nitrogens is 4. The first-order valence-electron chi connectivity index (χ1n) is 8.31. The lowest BCUT2D eigenvalue weighted by molar-refractivity contribution is -0.0298. The highest BCUT2D eigenvalue weighted by molar-refractivity contribution is 7.80. The van der Waals surface area contributed by atoms with Gasteiger partial charge in [-0.2, -0.15) is 0 Å². The van der Waals surface area contributed by atoms with E-state index in [-0.39, 0.29) is 6.23 Å². The summed E-state index contributed by atoms with van der Waals surface area (Å²) in [6, 6.07) is 5.34. The zero-order valence-electron chi connectivity index (χ0n) is 14.1. The number of nitrogens with zero attached hydrogens (tertiary/aromatic N) is 4. The van der Waals surface area contributed by atoms with E-state index >= 15 is 0 Å². The predicted molar refractivity (Wildman–Crippen MR) is 103 cm³/mol. The molecule has 3 aromatic rings. The molecule has 0 radical (unpaired) electrons. The van der Waals surface area contributed by atoms with Crippen LogP contribution in [0.5, 0.6) is 5.75 Å². The van der Waals surface area contributed by atoms with Crippen LogP contribution >= 0.6 is 24.2 Å². The van der Waals surface area contributed by atoms with Crippen LogP contribution in [0.4, 0.5) is 11.5 Å². The number of imidazole rings is 1. The van der Waals surface area contributed by atoms with Crippen LogP contribution in [0.2, 0.25) is 5.02 Å². The Labute approximate surface area is 161 Å². The van der Waals surface area contributed by atoms with Gasteiger partial charge in [0.25, 0.3) is 0 Å². The molecule has 2 aromatic heterocycles. The van der Waals surface area contributed by atoms with E-state index in [1.165, 1.54) is 0 Å². The molecule has 1 N–H and O–H groups in total. The van der Waals surface area contributed by atoms with Gasteiger partial charge in [0.05, 0.1) is 19.1 Å². The maximum Gasteiger partial charge on any atom is 0.188 e. The number of halogens is 1. The van der Waals surface area contributed by atoms with E-state index in [4.69, 9.17) is 21.1 Å². The molecule has 1 fully saturated rings. The number of benzene rings is 1. The standard InChI is InChI=1S/C17H18ClN5O2S/c1-24-12-8-10(18)5-6-11(12)20-15-14-16(22-17(26)21-15)23(9-19-14)13-4-2-3-7-25-13/h5-6,8-9,13H,2-4,7H2,1H3,(H2,20,21,22,26). The summed E-state index contributed by atoms with van der Waals surface area (Å²) in [7, 11) is 1.59. The number of methoxy groups -OCH3 is 1. The molecule has 1 unspecified atom stereocenters. The van der Waals surface area contributed by atoms with Crippen molar-refractivity contribution < 1.29 is 9.47 Å². The van der Waals surface area contributed by atoms with Crippen LogP contribution in [-0.2, 0) is 4.74 Å². The zero-order valence-corrected chi connectivity index (χ0v) is 15.8. The monoisotopic (exact) mass is 391 g/mol. The topological polar surface area (TPSA) is 74.1 Å². The Morgan fingerprint density at radius 2 is 2.23 bits per heavy atom. The first kappa shape index (κ1) is 17.4. The molecule has 0 bridgehead atoms. The van der Waals surface area contributed by atoms with Crippen molar-refractivity contribution in [3.05, 3.63) is 29.5 Å². The second-order valence-electron chi connectivity index (χ2n) is 5.99. The maximum atomic E-state index is 6.03. The lowest BCUT2D eigenvalue weighted by Crippen LogP contribution is -2.17. The lowest BCUT2D eigenvalue weighted by atomic mass is 10.2. The fraction of sp³-hybridized carbons (Fsp3) is 0.353. The molecular weight excluding hydrogens is 374 g/mol. The summed E-state index contributed by atoms with van der Waals surface area (Å²) in [5.74, 6) is 1.16. The molecule has 0 aliphatic carbocycles. The van der Waals surface area contributed by atoms with Gasteiger partial charge in [0.2, 0.25) is 0 Å². The highest BCUT2D eigenvalue weighted by Crippen LogP contribution is 2.33. The van der Waals surface area contributed by atoms with Crippen LogP contribution in [0.15, 0.2) is 29.7 Å². The summed E-state index contributed by atoms with van der Waals surface area (Å²) < 4.78 is 13.2. The Kier molecular flexibility index (Phi) is 4.88. The normalized spacial score (nSPS) is 17.4. The fourth-order valence-corrected chi connectivity index (χ4v) is 3.40. The molecular formula is C17H18ClN5O2S. The van der Waals surface area contributed by atoms with Crippen molar-refractivity contribution in [1.29, 1.82) is 0 Å². The minimum atomic E-state index is -0.0608. The Morgan fingerprint density at radius 3 is 3.00 bits per heavy atom. The van der Waals surface area contributed by atoms with E-state index < -0.39 is 0 Å². The third-order valence-corrected chi connectivity index (χ3v) is 4.73. The van der Waals surface area contributed by atoms with Crippen LogP contribution in [0, 0.1) is 0 Å². The van der Waals surface area contributed by atoms with Gasteiger partial charge in [-0.3, -0.25) is 4.57 Å². The smallest absolute Gasteiger partial charge is 0.188 e. The largest absolute Gasteiger partial charge is 0.495 e. The molecule has 0 spiro atoms. The van der Waals surface area contributed by atoms with Gasteiger partial charge in [-0.15, -0.1) is 12.6 Å². The fourth-order valence-electron chi connectivity index (χ4n) is 3.04. The molecule has 1 saturated heterocycles. The van der Waals surface area contributed by atoms with Gasteiger partial charge in [-0.1, -0.05) is 11.6 Å². The molecule has 26 heavy (non-hydrogen) atoms. The summed E-state index contributed by atoms with van der Waals surface area (Å²) >= 11 is 10.4. The van der Waals surface area contributed by atoms with Gasteiger partial charge in [0.1, 0.15) is 12.0 Å². The minimum Gasteiger partial charge on any atom is -0.495 e. The van der Waals surface area contributed by atoms with Gasteiger partial charge in [0, 0.05) is 17.7 Å². The summed E-state index contributed by atoms with van der Waals surface area (Å²) in [6.45, 7) is 0.746. The SMILES string of the molecule is COc1cc(Cl)ccc1Nc1nc(S)nc2c1ncn2C1CCCCO1. The molecule has 9 heteroatoms. The summed E-state index contributed by atoms with van der Waals surface area (Å²) in [6.07, 6.45) is 4.82. The van der Waals surface area contributed by atoms with Crippen LogP contribution in [0.1, 0.15) is 25.5 Å². The average molecular weight is 392 g/mol. The number of hydrogen-bond acceptors (Lipinski definition) is 7. The Morgan fingerprint density at radius 1 is 1.35 bits per heavy atom. The molecule has 3 heterocycles. The molecule has 136 valence electrons. The summed E-state index contributed by atoms with van der Waals surface area (Å²) in [5, 5.41) is 4.19. The molecule has 1 atom stereocenters. The van der Waals surface area contributed by atoms with Crippen molar-refractivity contribution in [2.75, 3.05) is 19.0 Å². The number of nitrogens with one attached hydrogen (secondary N) is 1. The second-order valence-corrected chi connectivity index (χ2v) is 6.82. The number of thiol groups is 1. The van der Waals surface area contributed by atoms with Crippen molar-refractivity contribution in [3.63, 3.8) is 0 Å². The summed E-state index contributed by atoms with van der Waals surface area (Å²) in [4.78, 5) is 13.3. The van der Waals surface area contributed by atoms with Gasteiger partial charge >= 0.3 is 0 Å². The Balaban J connectivity index is 1.75. The van der Waals surface area contributed by atoms with E-state index in [0.717, 1.165) is 31.6 Å². The predicted octanol–water partition coefficient (Wildman–Crippen LogP) is 4.22. The first-order valence-corrected chi connectivity index (χ1v) is 9.14. The Hall–Kier alpha value is -2.03. The quantitative estimate of drug-likeness (QED) is 0.512. The van der Waals surface area contributed by atoms with Crippen molar-refractivity contribution in [2.24, 2.45) is 0 Å². The maximum absolute atomic E-state index is 6.03. The van der Waals surface area contributed by atoms with Gasteiger partial charge < -0.3 is 14.8 Å². The van der Waals surface area contributed by atoms with Crippen LogP contribution in [-0.4, -0.2) is 33.2 Å². The molecule has 4 rings (SSSR count). The molecule has 0 saturated carbocycles. The average Bonchev–Trinajstić information content (AvgIpc) is 3.07. The van der Waals surface area contributed by atoms with Crippen LogP contribution in [0.25, 0.3) is 11.2 Å². The number of rotatable bonds is 4.